The molecule has 0 amide bonds. The molecular weight excluding hydrogens is 450 g/mol. The van der Waals surface area contributed by atoms with Gasteiger partial charge in [0.2, 0.25) is 5.82 Å². The predicted octanol–water partition coefficient (Wildman–Crippen LogP) is 5.43. The molecule has 0 spiro atoms. The first-order valence-corrected chi connectivity index (χ1v) is 11.8. The van der Waals surface area contributed by atoms with Crippen LogP contribution in [0.5, 0.6) is 0 Å². The van der Waals surface area contributed by atoms with Crippen molar-refractivity contribution in [2.75, 3.05) is 13.7 Å². The molecule has 0 atom stereocenters. The minimum atomic E-state index is -1.48. The fourth-order valence-electron chi connectivity index (χ4n) is 4.40. The summed E-state index contributed by atoms with van der Waals surface area (Å²) in [7, 11) is 1.55. The summed E-state index contributed by atoms with van der Waals surface area (Å²) >= 11 is 0. The second-order valence-corrected chi connectivity index (χ2v) is 8.84. The predicted molar refractivity (Wildman–Crippen MR) is 144 cm³/mol. The van der Waals surface area contributed by atoms with Gasteiger partial charge in [0.25, 0.3) is 0 Å². The summed E-state index contributed by atoms with van der Waals surface area (Å²) in [6.45, 7) is 19.1. The lowest BCUT2D eigenvalue weighted by atomic mass is 9.79. The van der Waals surface area contributed by atoms with Crippen molar-refractivity contribution >= 4 is 5.57 Å². The zero-order valence-electron chi connectivity index (χ0n) is 22.0. The maximum Gasteiger partial charge on any atom is 0.208 e. The highest BCUT2D eigenvalue weighted by Crippen LogP contribution is 2.42. The Balaban J connectivity index is 2.25. The van der Waals surface area contributed by atoms with Crippen molar-refractivity contribution in [2.24, 2.45) is 0 Å². The molecule has 7 heteroatoms. The average Bonchev–Trinajstić information content (AvgIpc) is 3.40. The fraction of sp³-hybridized carbons (Fsp3) is 0.276. The summed E-state index contributed by atoms with van der Waals surface area (Å²) in [5.41, 5.74) is 4.93. The lowest BCUT2D eigenvalue weighted by Gasteiger charge is -2.40. The Morgan fingerprint density at radius 3 is 2.03 bits per heavy atom. The summed E-state index contributed by atoms with van der Waals surface area (Å²) in [5.74, 6) is 0.750. The topological polar surface area (TPSA) is 87.2 Å². The van der Waals surface area contributed by atoms with E-state index in [4.69, 9.17) is 4.74 Å². The molecule has 1 heterocycles. The first-order chi connectivity index (χ1) is 17.2. The van der Waals surface area contributed by atoms with Crippen molar-refractivity contribution in [3.8, 4) is 0 Å². The van der Waals surface area contributed by atoms with Gasteiger partial charge in [0.15, 0.2) is 5.60 Å². The lowest BCUT2D eigenvalue weighted by molar-refractivity contribution is 0.0910. The monoisotopic (exact) mass is 485 g/mol. The largest absolute Gasteiger partial charge is 0.497 e. The minimum absolute atomic E-state index is 0.357. The molecule has 0 fully saturated rings. The van der Waals surface area contributed by atoms with Crippen LogP contribution in [0.15, 0.2) is 90.5 Å². The maximum atomic E-state index is 12.6. The number of hydrogen-bond donors (Lipinski definition) is 2. The van der Waals surface area contributed by atoms with Crippen LogP contribution >= 0.6 is 0 Å². The zero-order valence-corrected chi connectivity index (χ0v) is 22.0. The molecule has 0 aliphatic carbocycles. The van der Waals surface area contributed by atoms with Crippen LogP contribution in [0.4, 0.5) is 0 Å². The molecule has 188 valence electrons. The van der Waals surface area contributed by atoms with Crippen LogP contribution in [0.1, 0.15) is 48.8 Å². The van der Waals surface area contributed by atoms with Gasteiger partial charge in [-0.25, -0.2) is 0 Å². The Labute approximate surface area is 213 Å². The minimum Gasteiger partial charge on any atom is -0.497 e. The second kappa shape index (κ2) is 11.2. The van der Waals surface area contributed by atoms with E-state index >= 15 is 0 Å². The van der Waals surface area contributed by atoms with Gasteiger partial charge in [-0.1, -0.05) is 67.3 Å². The van der Waals surface area contributed by atoms with Crippen LogP contribution in [-0.2, 0) is 10.3 Å². The van der Waals surface area contributed by atoms with Gasteiger partial charge in [0.05, 0.1) is 18.4 Å². The molecule has 2 aromatic carbocycles. The highest BCUT2D eigenvalue weighted by atomic mass is 16.5. The Bertz CT molecular complexity index is 1260. The number of likely N-dealkylation sites (N-methyl/N-ethyl adjacent to an activating group) is 1. The highest BCUT2D eigenvalue weighted by molar-refractivity contribution is 5.74. The molecule has 3 rings (SSSR count). The van der Waals surface area contributed by atoms with Crippen LogP contribution in [0, 0.1) is 13.8 Å². The maximum absolute atomic E-state index is 12.6. The van der Waals surface area contributed by atoms with E-state index in [0.29, 0.717) is 29.4 Å². The summed E-state index contributed by atoms with van der Waals surface area (Å²) in [5, 5.41) is 27.0. The number of H-pyrrole nitrogens is 1. The van der Waals surface area contributed by atoms with E-state index in [0.717, 1.165) is 33.5 Å². The highest BCUT2D eigenvalue weighted by Gasteiger charge is 2.40. The van der Waals surface area contributed by atoms with Gasteiger partial charge in [0, 0.05) is 12.2 Å². The number of aliphatic hydroxyl groups is 1. The summed E-state index contributed by atoms with van der Waals surface area (Å²) in [6, 6.07) is 15.7. The number of methoxy groups -OCH3 is 1. The second-order valence-electron chi connectivity index (χ2n) is 8.84. The summed E-state index contributed by atoms with van der Waals surface area (Å²) < 4.78 is 5.43. The molecule has 1 aromatic heterocycles. The standard InChI is InChI=1S/C29H35N5O2/c1-9-34(27(19(2)3)18-24(22(6)36-8)28-30-32-33-31-28)23(7)29(35,25-16-12-10-14-20(25)4)26-17-13-11-15-21(26)5/h10-18,35H,6-7,9H2,1-5,8H3,(H,30,31,32,33)/b24-18+. The van der Waals surface area contributed by atoms with Crippen LogP contribution in [0.25, 0.3) is 5.57 Å². The van der Waals surface area contributed by atoms with E-state index in [9.17, 15) is 5.11 Å². The molecule has 0 aliphatic heterocycles. The molecule has 0 unspecified atom stereocenters. The molecule has 0 bridgehead atoms. The number of nitrogens with zero attached hydrogens (tertiary/aromatic N) is 4. The third kappa shape index (κ3) is 5.02. The lowest BCUT2D eigenvalue weighted by Crippen LogP contribution is -2.40. The number of hydrogen-bond acceptors (Lipinski definition) is 6. The number of allylic oxidation sites excluding steroid dienone is 3. The number of rotatable bonds is 10. The number of nitrogens with one attached hydrogen (secondary N) is 1. The Kier molecular flexibility index (Phi) is 8.27. The molecule has 3 aromatic rings. The Morgan fingerprint density at radius 1 is 1.06 bits per heavy atom. The average molecular weight is 486 g/mol. The smallest absolute Gasteiger partial charge is 0.208 e. The van der Waals surface area contributed by atoms with Crippen molar-refractivity contribution in [1.82, 2.24) is 25.5 Å². The molecule has 7 nitrogen and oxygen atoms in total. The Morgan fingerprint density at radius 2 is 1.61 bits per heavy atom. The van der Waals surface area contributed by atoms with Crippen molar-refractivity contribution in [1.29, 1.82) is 0 Å². The fourth-order valence-corrected chi connectivity index (χ4v) is 4.40. The quantitative estimate of drug-likeness (QED) is 0.294. The van der Waals surface area contributed by atoms with Crippen molar-refractivity contribution in [3.63, 3.8) is 0 Å². The van der Waals surface area contributed by atoms with E-state index in [2.05, 4.69) is 33.8 Å². The number of tetrazole rings is 1. The molecule has 2 N–H and O–H groups in total. The van der Waals surface area contributed by atoms with E-state index in [1.165, 1.54) is 0 Å². The summed E-state index contributed by atoms with van der Waals surface area (Å²) in [6.07, 6.45) is 1.90. The van der Waals surface area contributed by atoms with Crippen LogP contribution in [0.2, 0.25) is 0 Å². The van der Waals surface area contributed by atoms with Crippen LogP contribution in [-0.4, -0.2) is 44.3 Å². The molecule has 0 saturated heterocycles. The molecule has 0 radical (unpaired) electrons. The van der Waals surface area contributed by atoms with Gasteiger partial charge in [-0.2, -0.15) is 5.21 Å². The van der Waals surface area contributed by atoms with Crippen LogP contribution < -0.4 is 0 Å². The van der Waals surface area contributed by atoms with E-state index in [1.54, 1.807) is 7.11 Å². The van der Waals surface area contributed by atoms with E-state index in [1.807, 2.05) is 94.1 Å². The number of benzene rings is 2. The van der Waals surface area contributed by atoms with Gasteiger partial charge >= 0.3 is 0 Å². The molecular formula is C29H35N5O2. The SMILES string of the molecule is C=C(OC)/C(=C\C(=C(C)C)N(CC)C(=C)C(O)(c1ccccc1C)c1ccccc1C)c1nn[nH]n1. The van der Waals surface area contributed by atoms with Gasteiger partial charge in [-0.05, 0) is 68.2 Å². The first kappa shape index (κ1) is 26.6. The third-order valence-electron chi connectivity index (χ3n) is 6.35. The first-order valence-electron chi connectivity index (χ1n) is 11.8. The van der Waals surface area contributed by atoms with Gasteiger partial charge in [-0.3, -0.25) is 0 Å². The van der Waals surface area contributed by atoms with E-state index in [-0.39, 0.29) is 0 Å². The van der Waals surface area contributed by atoms with Crippen molar-refractivity contribution in [2.45, 2.75) is 40.2 Å². The third-order valence-corrected chi connectivity index (χ3v) is 6.35. The number of aromatic nitrogens is 4. The number of aryl methyl sites for hydroxylation is 2. The number of ether oxygens (including phenoxy) is 1. The normalized spacial score (nSPS) is 11.7. The van der Waals surface area contributed by atoms with Crippen LogP contribution in [0.3, 0.4) is 0 Å². The number of aromatic amines is 1. The van der Waals surface area contributed by atoms with Crippen molar-refractivity contribution < 1.29 is 9.84 Å². The van der Waals surface area contributed by atoms with Gasteiger partial charge < -0.3 is 14.7 Å². The molecule has 0 aliphatic rings. The van der Waals surface area contributed by atoms with E-state index < -0.39 is 5.60 Å². The molecule has 36 heavy (non-hydrogen) atoms. The Hall–Kier alpha value is -3.97. The van der Waals surface area contributed by atoms with Gasteiger partial charge in [0.1, 0.15) is 5.76 Å². The van der Waals surface area contributed by atoms with Crippen molar-refractivity contribution in [3.05, 3.63) is 119 Å². The summed E-state index contributed by atoms with van der Waals surface area (Å²) in [4.78, 5) is 2.01. The molecule has 0 saturated carbocycles. The van der Waals surface area contributed by atoms with Gasteiger partial charge in [-0.15, -0.1) is 10.2 Å². The zero-order chi connectivity index (χ0) is 26.5.